The Morgan fingerprint density at radius 3 is 2.10 bits per heavy atom. The van der Waals surface area contributed by atoms with E-state index < -0.39 is 0 Å². The van der Waals surface area contributed by atoms with E-state index in [9.17, 15) is 0 Å². The van der Waals surface area contributed by atoms with E-state index >= 15 is 0 Å². The number of rotatable bonds is 3. The van der Waals surface area contributed by atoms with Crippen molar-refractivity contribution in [3.05, 3.63) is 36.5 Å². The SMILES string of the molecule is C.C=C/C(=C\C(=C)C)CC. The second-order valence-corrected chi connectivity index (χ2v) is 2.12. The van der Waals surface area contributed by atoms with Crippen LogP contribution in [-0.2, 0) is 0 Å². The highest BCUT2D eigenvalue weighted by molar-refractivity contribution is 5.25. The van der Waals surface area contributed by atoms with Gasteiger partial charge in [-0.25, -0.2) is 0 Å². The zero-order valence-electron chi connectivity index (χ0n) is 6.28. The third-order valence-corrected chi connectivity index (χ3v) is 1.10. The summed E-state index contributed by atoms with van der Waals surface area (Å²) in [7, 11) is 0. The van der Waals surface area contributed by atoms with Crippen molar-refractivity contribution in [2.24, 2.45) is 0 Å². The molecular formula is C10H18. The van der Waals surface area contributed by atoms with Gasteiger partial charge in [-0.2, -0.15) is 0 Å². The van der Waals surface area contributed by atoms with Crippen molar-refractivity contribution in [3.8, 4) is 0 Å². The van der Waals surface area contributed by atoms with E-state index in [0.717, 1.165) is 12.0 Å². The van der Waals surface area contributed by atoms with Gasteiger partial charge in [0.2, 0.25) is 0 Å². The van der Waals surface area contributed by atoms with E-state index in [0.29, 0.717) is 0 Å². The summed E-state index contributed by atoms with van der Waals surface area (Å²) in [6, 6.07) is 0. The van der Waals surface area contributed by atoms with Gasteiger partial charge < -0.3 is 0 Å². The molecule has 10 heavy (non-hydrogen) atoms. The van der Waals surface area contributed by atoms with Gasteiger partial charge in [-0.05, 0) is 18.9 Å². The van der Waals surface area contributed by atoms with E-state index in [4.69, 9.17) is 0 Å². The van der Waals surface area contributed by atoms with Crippen LogP contribution in [0.25, 0.3) is 0 Å². The summed E-state index contributed by atoms with van der Waals surface area (Å²) >= 11 is 0. The molecule has 0 aromatic heterocycles. The minimum absolute atomic E-state index is 0. The first-order valence-electron chi connectivity index (χ1n) is 3.19. The quantitative estimate of drug-likeness (QED) is 0.521. The van der Waals surface area contributed by atoms with E-state index in [1.54, 1.807) is 0 Å². The first kappa shape index (κ1) is 12.0. The maximum Gasteiger partial charge on any atom is -0.0308 e. The maximum atomic E-state index is 3.77. The van der Waals surface area contributed by atoms with Crippen LogP contribution in [0.4, 0.5) is 0 Å². The van der Waals surface area contributed by atoms with Crippen molar-refractivity contribution in [2.45, 2.75) is 27.7 Å². The van der Waals surface area contributed by atoms with Gasteiger partial charge in [-0.1, -0.05) is 45.2 Å². The third kappa shape index (κ3) is 5.36. The van der Waals surface area contributed by atoms with Crippen LogP contribution in [0.15, 0.2) is 36.5 Å². The van der Waals surface area contributed by atoms with Gasteiger partial charge in [0, 0.05) is 0 Å². The molecule has 0 heterocycles. The third-order valence-electron chi connectivity index (χ3n) is 1.10. The molecule has 0 radical (unpaired) electrons. The molecule has 0 aliphatic heterocycles. The molecule has 0 N–H and O–H groups in total. The lowest BCUT2D eigenvalue weighted by Crippen LogP contribution is -1.73. The van der Waals surface area contributed by atoms with Crippen molar-refractivity contribution in [2.75, 3.05) is 0 Å². The second kappa shape index (κ2) is 6.34. The molecule has 58 valence electrons. The Kier molecular flexibility index (Phi) is 7.58. The highest BCUT2D eigenvalue weighted by Gasteiger charge is 1.83. The molecule has 0 bridgehead atoms. The molecular weight excluding hydrogens is 120 g/mol. The lowest BCUT2D eigenvalue weighted by Gasteiger charge is -1.93. The van der Waals surface area contributed by atoms with Crippen LogP contribution in [0.5, 0.6) is 0 Å². The molecule has 0 aromatic rings. The van der Waals surface area contributed by atoms with Crippen LogP contribution in [-0.4, -0.2) is 0 Å². The second-order valence-electron chi connectivity index (χ2n) is 2.12. The van der Waals surface area contributed by atoms with Crippen LogP contribution in [0, 0.1) is 0 Å². The molecule has 0 nitrogen and oxygen atoms in total. The van der Waals surface area contributed by atoms with Crippen LogP contribution in [0.3, 0.4) is 0 Å². The van der Waals surface area contributed by atoms with E-state index in [-0.39, 0.29) is 7.43 Å². The van der Waals surface area contributed by atoms with Crippen molar-refractivity contribution >= 4 is 0 Å². The fourth-order valence-electron chi connectivity index (χ4n) is 0.622. The summed E-state index contributed by atoms with van der Waals surface area (Å²) in [5, 5.41) is 0. The van der Waals surface area contributed by atoms with Crippen molar-refractivity contribution < 1.29 is 0 Å². The van der Waals surface area contributed by atoms with E-state index in [2.05, 4.69) is 20.1 Å². The molecule has 0 aliphatic rings. The molecule has 0 aromatic carbocycles. The molecule has 0 aliphatic carbocycles. The smallest absolute Gasteiger partial charge is 0.0308 e. The first-order valence-corrected chi connectivity index (χ1v) is 3.19. The van der Waals surface area contributed by atoms with Gasteiger partial charge in [0.15, 0.2) is 0 Å². The first-order chi connectivity index (χ1) is 4.20. The van der Waals surface area contributed by atoms with Crippen LogP contribution in [0.1, 0.15) is 27.7 Å². The average molecular weight is 138 g/mol. The molecule has 0 saturated heterocycles. The summed E-state index contributed by atoms with van der Waals surface area (Å²) in [6.45, 7) is 11.5. The highest BCUT2D eigenvalue weighted by Crippen LogP contribution is 2.04. The molecule has 0 fully saturated rings. The van der Waals surface area contributed by atoms with Gasteiger partial charge in [-0.3, -0.25) is 0 Å². The van der Waals surface area contributed by atoms with Gasteiger partial charge in [0.1, 0.15) is 0 Å². The molecule has 0 amide bonds. The largest absolute Gasteiger partial charge is 0.0988 e. The molecule has 0 rings (SSSR count). The summed E-state index contributed by atoms with van der Waals surface area (Å²) in [6.07, 6.45) is 4.96. The van der Waals surface area contributed by atoms with Gasteiger partial charge in [-0.15, -0.1) is 0 Å². The Bertz CT molecular complexity index is 138. The minimum Gasteiger partial charge on any atom is -0.0988 e. The zero-order valence-corrected chi connectivity index (χ0v) is 6.28. The van der Waals surface area contributed by atoms with Crippen LogP contribution in [0.2, 0.25) is 0 Å². The monoisotopic (exact) mass is 138 g/mol. The molecule has 0 spiro atoms. The Morgan fingerprint density at radius 2 is 2.00 bits per heavy atom. The summed E-state index contributed by atoms with van der Waals surface area (Å²) < 4.78 is 0. The van der Waals surface area contributed by atoms with Gasteiger partial charge in [0.05, 0.1) is 0 Å². The Morgan fingerprint density at radius 1 is 1.50 bits per heavy atom. The number of allylic oxidation sites excluding steroid dienone is 4. The van der Waals surface area contributed by atoms with Crippen molar-refractivity contribution in [3.63, 3.8) is 0 Å². The highest BCUT2D eigenvalue weighted by atomic mass is 13.9. The van der Waals surface area contributed by atoms with Crippen LogP contribution >= 0.6 is 0 Å². The lowest BCUT2D eigenvalue weighted by molar-refractivity contribution is 1.14. The molecule has 0 unspecified atom stereocenters. The normalized spacial score (nSPS) is 10.0. The fraction of sp³-hybridized carbons (Fsp3) is 0.400. The molecule has 0 heteroatoms. The zero-order chi connectivity index (χ0) is 7.28. The van der Waals surface area contributed by atoms with Crippen molar-refractivity contribution in [1.82, 2.24) is 0 Å². The van der Waals surface area contributed by atoms with Gasteiger partial charge >= 0.3 is 0 Å². The van der Waals surface area contributed by atoms with E-state index in [1.807, 2.05) is 19.1 Å². The Labute approximate surface area is 65.0 Å². The summed E-state index contributed by atoms with van der Waals surface area (Å²) in [5.74, 6) is 0. The molecule has 0 saturated carbocycles. The minimum atomic E-state index is 0. The van der Waals surface area contributed by atoms with E-state index in [1.165, 1.54) is 5.57 Å². The Hall–Kier alpha value is -0.780. The van der Waals surface area contributed by atoms with Gasteiger partial charge in [0.25, 0.3) is 0 Å². The average Bonchev–Trinajstić information content (AvgIpc) is 1.82. The predicted octanol–water partition coefficient (Wildman–Crippen LogP) is 3.72. The lowest BCUT2D eigenvalue weighted by atomic mass is 10.1. The van der Waals surface area contributed by atoms with Crippen LogP contribution < -0.4 is 0 Å². The van der Waals surface area contributed by atoms with Crippen molar-refractivity contribution in [1.29, 1.82) is 0 Å². The topological polar surface area (TPSA) is 0 Å². The standard InChI is InChI=1S/C9H14.CH4/c1-5-9(6-2)7-8(3)4;/h5,7H,1,3,6H2,2,4H3;1H4/b9-7+;. The summed E-state index contributed by atoms with van der Waals surface area (Å²) in [5.41, 5.74) is 2.34. The fourth-order valence-corrected chi connectivity index (χ4v) is 0.622. The summed E-state index contributed by atoms with van der Waals surface area (Å²) in [4.78, 5) is 0. The Balaban J connectivity index is 0. The number of hydrogen-bond donors (Lipinski definition) is 0. The number of hydrogen-bond acceptors (Lipinski definition) is 0. The maximum absolute atomic E-state index is 3.77. The molecule has 0 atom stereocenters. The predicted molar refractivity (Wildman–Crippen MR) is 50.1 cm³/mol.